The second kappa shape index (κ2) is 7.00. The highest BCUT2D eigenvalue weighted by Gasteiger charge is 2.00. The molecule has 0 heterocycles. The predicted octanol–water partition coefficient (Wildman–Crippen LogP) is 4.68. The van der Waals surface area contributed by atoms with Crippen molar-refractivity contribution < 1.29 is 4.79 Å². The number of carbonyl (C=O) groups excluding carboxylic acids is 1. The molecule has 0 fully saturated rings. The van der Waals surface area contributed by atoms with Crippen LogP contribution in [-0.4, -0.2) is 10.9 Å². The maximum Gasteiger partial charge on any atom is 0.185 e. The number of hydrogen-bond donors (Lipinski definition) is 0. The lowest BCUT2D eigenvalue weighted by Gasteiger charge is -1.99. The van der Waals surface area contributed by atoms with E-state index in [2.05, 4.69) is 0 Å². The number of allylic oxidation sites excluding steroid dienone is 1. The van der Waals surface area contributed by atoms with Gasteiger partial charge in [-0.05, 0) is 18.1 Å². The molecule has 1 nitrogen and oxygen atoms in total. The number of hydrogen-bond acceptors (Lipinski definition) is 2. The van der Waals surface area contributed by atoms with Crippen LogP contribution in [0.2, 0.25) is 10.0 Å². The first-order valence-corrected chi connectivity index (χ1v) is 6.59. The van der Waals surface area contributed by atoms with E-state index in [9.17, 15) is 4.79 Å². The van der Waals surface area contributed by atoms with Crippen LogP contribution in [0.4, 0.5) is 0 Å². The molecular formula is C12H12Cl2OS. The van der Waals surface area contributed by atoms with E-state index in [1.54, 1.807) is 13.0 Å². The molecule has 86 valence electrons. The lowest BCUT2D eigenvalue weighted by atomic mass is 10.2. The zero-order valence-corrected chi connectivity index (χ0v) is 11.2. The Labute approximate surface area is 110 Å². The van der Waals surface area contributed by atoms with Crippen LogP contribution in [0.25, 0.3) is 6.08 Å². The second-order valence-electron chi connectivity index (χ2n) is 3.17. The average molecular weight is 275 g/mol. The number of benzene rings is 1. The number of rotatable bonds is 4. The minimum atomic E-state index is 0.147. The van der Waals surface area contributed by atoms with E-state index < -0.39 is 0 Å². The van der Waals surface area contributed by atoms with E-state index in [-0.39, 0.29) is 5.12 Å². The molecule has 0 aliphatic heterocycles. The Morgan fingerprint density at radius 1 is 1.44 bits per heavy atom. The molecule has 1 rings (SSSR count). The van der Waals surface area contributed by atoms with E-state index in [1.807, 2.05) is 24.3 Å². The van der Waals surface area contributed by atoms with Crippen molar-refractivity contribution >= 4 is 46.2 Å². The summed E-state index contributed by atoms with van der Waals surface area (Å²) in [6.07, 6.45) is 4.76. The molecular weight excluding hydrogens is 263 g/mol. The van der Waals surface area contributed by atoms with Gasteiger partial charge in [-0.2, -0.15) is 0 Å². The van der Waals surface area contributed by atoms with Crippen molar-refractivity contribution in [3.8, 4) is 0 Å². The monoisotopic (exact) mass is 274 g/mol. The molecule has 0 spiro atoms. The Morgan fingerprint density at radius 2 is 2.19 bits per heavy atom. The summed E-state index contributed by atoms with van der Waals surface area (Å²) < 4.78 is 0. The molecule has 0 aliphatic carbocycles. The molecule has 0 bridgehead atoms. The van der Waals surface area contributed by atoms with Gasteiger partial charge in [-0.3, -0.25) is 4.79 Å². The van der Waals surface area contributed by atoms with E-state index in [1.165, 1.54) is 11.8 Å². The third kappa shape index (κ3) is 4.60. The first-order chi connectivity index (χ1) is 7.61. The molecule has 0 N–H and O–H groups in total. The van der Waals surface area contributed by atoms with Crippen LogP contribution < -0.4 is 0 Å². The van der Waals surface area contributed by atoms with Gasteiger partial charge in [0.2, 0.25) is 0 Å². The van der Waals surface area contributed by atoms with Crippen molar-refractivity contribution in [1.29, 1.82) is 0 Å². The van der Waals surface area contributed by atoms with Gasteiger partial charge in [-0.15, -0.1) is 0 Å². The predicted molar refractivity (Wildman–Crippen MR) is 73.3 cm³/mol. The maximum absolute atomic E-state index is 10.7. The van der Waals surface area contributed by atoms with Crippen molar-refractivity contribution in [2.75, 3.05) is 5.75 Å². The topological polar surface area (TPSA) is 17.1 Å². The first-order valence-electron chi connectivity index (χ1n) is 4.85. The van der Waals surface area contributed by atoms with Crippen LogP contribution >= 0.6 is 35.0 Å². The molecule has 0 saturated carbocycles. The van der Waals surface area contributed by atoms with Crippen molar-refractivity contribution in [2.45, 2.75) is 13.3 Å². The molecule has 0 unspecified atom stereocenters. The van der Waals surface area contributed by atoms with Gasteiger partial charge in [0.25, 0.3) is 0 Å². The van der Waals surface area contributed by atoms with Crippen LogP contribution in [0.15, 0.2) is 24.3 Å². The summed E-state index contributed by atoms with van der Waals surface area (Å²) in [7, 11) is 0. The van der Waals surface area contributed by atoms with Crippen molar-refractivity contribution in [2.24, 2.45) is 0 Å². The van der Waals surface area contributed by atoms with Crippen molar-refractivity contribution in [3.05, 3.63) is 39.9 Å². The van der Waals surface area contributed by atoms with Crippen molar-refractivity contribution in [3.63, 3.8) is 0 Å². The van der Waals surface area contributed by atoms with E-state index in [4.69, 9.17) is 23.2 Å². The Balaban J connectivity index is 2.50. The summed E-state index contributed by atoms with van der Waals surface area (Å²) >= 11 is 13.2. The highest BCUT2D eigenvalue weighted by Crippen LogP contribution is 2.26. The maximum atomic E-state index is 10.7. The first kappa shape index (κ1) is 13.6. The molecule has 16 heavy (non-hydrogen) atoms. The second-order valence-corrected chi connectivity index (χ2v) is 5.23. The van der Waals surface area contributed by atoms with E-state index >= 15 is 0 Å². The molecule has 0 atom stereocenters. The quantitative estimate of drug-likeness (QED) is 0.742. The third-order valence-corrected chi connectivity index (χ3v) is 3.55. The highest BCUT2D eigenvalue weighted by molar-refractivity contribution is 8.13. The molecule has 0 radical (unpaired) electrons. The van der Waals surface area contributed by atoms with Crippen LogP contribution in [0.1, 0.15) is 18.9 Å². The van der Waals surface area contributed by atoms with Crippen LogP contribution in [-0.2, 0) is 4.79 Å². The Hall–Kier alpha value is -0.440. The Kier molecular flexibility index (Phi) is 5.96. The molecule has 0 saturated heterocycles. The van der Waals surface area contributed by atoms with Gasteiger partial charge in [0.15, 0.2) is 5.12 Å². The zero-order valence-electron chi connectivity index (χ0n) is 8.87. The van der Waals surface area contributed by atoms with Gasteiger partial charge in [-0.25, -0.2) is 0 Å². The number of thioether (sulfide) groups is 1. The molecule has 0 aromatic heterocycles. The standard InChI is InChI=1S/C12H12Cl2OS/c1-9(15)16-8-3-2-5-10-6-4-7-11(13)12(10)14/h2,4-7H,3,8H2,1H3. The summed E-state index contributed by atoms with van der Waals surface area (Å²) in [5.41, 5.74) is 0.905. The van der Waals surface area contributed by atoms with E-state index in [0.717, 1.165) is 17.7 Å². The molecule has 0 aliphatic rings. The fourth-order valence-electron chi connectivity index (χ4n) is 1.13. The van der Waals surface area contributed by atoms with Gasteiger partial charge in [0.05, 0.1) is 10.0 Å². The summed E-state index contributed by atoms with van der Waals surface area (Å²) in [5.74, 6) is 0.796. The largest absolute Gasteiger partial charge is 0.288 e. The van der Waals surface area contributed by atoms with E-state index in [0.29, 0.717) is 10.0 Å². The average Bonchev–Trinajstić information content (AvgIpc) is 2.23. The zero-order chi connectivity index (χ0) is 12.0. The smallest absolute Gasteiger partial charge is 0.185 e. The summed E-state index contributed by atoms with van der Waals surface area (Å²) in [6, 6.07) is 5.52. The van der Waals surface area contributed by atoms with Crippen LogP contribution in [0.3, 0.4) is 0 Å². The highest BCUT2D eigenvalue weighted by atomic mass is 35.5. The minimum absolute atomic E-state index is 0.147. The Morgan fingerprint density at radius 3 is 2.88 bits per heavy atom. The van der Waals surface area contributed by atoms with Gasteiger partial charge >= 0.3 is 0 Å². The number of carbonyl (C=O) groups is 1. The molecule has 1 aromatic rings. The SMILES string of the molecule is CC(=O)SCCC=Cc1cccc(Cl)c1Cl. The fourth-order valence-corrected chi connectivity index (χ4v) is 2.04. The third-order valence-electron chi connectivity index (χ3n) is 1.87. The molecule has 0 amide bonds. The van der Waals surface area contributed by atoms with Gasteiger partial charge < -0.3 is 0 Å². The minimum Gasteiger partial charge on any atom is -0.288 e. The summed E-state index contributed by atoms with van der Waals surface area (Å²) in [6.45, 7) is 1.57. The molecule has 4 heteroatoms. The van der Waals surface area contributed by atoms with Crippen LogP contribution in [0.5, 0.6) is 0 Å². The van der Waals surface area contributed by atoms with Gasteiger partial charge in [0.1, 0.15) is 0 Å². The lowest BCUT2D eigenvalue weighted by molar-refractivity contribution is -0.109. The Bertz CT molecular complexity index is 402. The normalized spacial score (nSPS) is 10.9. The number of halogens is 2. The van der Waals surface area contributed by atoms with Crippen molar-refractivity contribution in [1.82, 2.24) is 0 Å². The summed E-state index contributed by atoms with van der Waals surface area (Å²) in [4.78, 5) is 10.7. The summed E-state index contributed by atoms with van der Waals surface area (Å²) in [5, 5.41) is 1.27. The van der Waals surface area contributed by atoms with Gasteiger partial charge in [0, 0.05) is 12.7 Å². The van der Waals surface area contributed by atoms with Gasteiger partial charge in [-0.1, -0.05) is 59.2 Å². The molecule has 1 aromatic carbocycles. The van der Waals surface area contributed by atoms with Crippen LogP contribution in [0, 0.1) is 0 Å². The lowest BCUT2D eigenvalue weighted by Crippen LogP contribution is -1.83. The fraction of sp³-hybridized carbons (Fsp3) is 0.250.